The van der Waals surface area contributed by atoms with Crippen LogP contribution in [0.1, 0.15) is 42.6 Å². The van der Waals surface area contributed by atoms with E-state index in [0.717, 1.165) is 32.1 Å². The van der Waals surface area contributed by atoms with Crippen molar-refractivity contribution in [3.05, 3.63) is 23.2 Å². The third-order valence-corrected chi connectivity index (χ3v) is 3.51. The second-order valence-corrected chi connectivity index (χ2v) is 5.07. The molecule has 0 saturated heterocycles. The second-order valence-electron chi connectivity index (χ2n) is 4.68. The Morgan fingerprint density at radius 1 is 1.39 bits per heavy atom. The second kappa shape index (κ2) is 5.63. The van der Waals surface area contributed by atoms with Crippen LogP contribution in [0.25, 0.3) is 0 Å². The van der Waals surface area contributed by atoms with Gasteiger partial charge in [-0.15, -0.1) is 0 Å². The zero-order valence-corrected chi connectivity index (χ0v) is 10.8. The largest absolute Gasteiger partial charge is 0.394 e. The molecule has 2 N–H and O–H groups in total. The molecular weight excluding hydrogens is 254 g/mol. The third kappa shape index (κ3) is 2.97. The first-order chi connectivity index (χ1) is 8.65. The summed E-state index contributed by atoms with van der Waals surface area (Å²) in [6.07, 6.45) is 7.51. The Balaban J connectivity index is 2.10. The van der Waals surface area contributed by atoms with E-state index in [-0.39, 0.29) is 23.4 Å². The van der Waals surface area contributed by atoms with Gasteiger partial charge in [-0.05, 0) is 12.8 Å². The van der Waals surface area contributed by atoms with Crippen LogP contribution in [0.15, 0.2) is 12.4 Å². The highest BCUT2D eigenvalue weighted by molar-refractivity contribution is 6.29. The molecule has 0 aliphatic heterocycles. The third-order valence-electron chi connectivity index (χ3n) is 3.33. The standard InChI is InChI=1S/C12H16ClN3O2/c13-10-7-14-6-9(15-10)11(18)16-12(8-17)4-2-1-3-5-12/h6-7,17H,1-5,8H2,(H,16,18). The Hall–Kier alpha value is -1.20. The molecule has 1 aliphatic carbocycles. The van der Waals surface area contributed by atoms with Crippen LogP contribution >= 0.6 is 11.6 Å². The van der Waals surface area contributed by atoms with Gasteiger partial charge in [0.05, 0.1) is 24.5 Å². The molecule has 0 bridgehead atoms. The van der Waals surface area contributed by atoms with Crippen molar-refractivity contribution in [3.8, 4) is 0 Å². The highest BCUT2D eigenvalue weighted by atomic mass is 35.5. The van der Waals surface area contributed by atoms with Gasteiger partial charge < -0.3 is 10.4 Å². The molecule has 0 aromatic carbocycles. The molecule has 0 unspecified atom stereocenters. The van der Waals surface area contributed by atoms with Gasteiger partial charge >= 0.3 is 0 Å². The first kappa shape index (κ1) is 13.2. The summed E-state index contributed by atoms with van der Waals surface area (Å²) in [5.74, 6) is -0.332. The number of aliphatic hydroxyl groups is 1. The maximum atomic E-state index is 12.0. The van der Waals surface area contributed by atoms with Gasteiger partial charge in [0.15, 0.2) is 0 Å². The van der Waals surface area contributed by atoms with Gasteiger partial charge in [-0.3, -0.25) is 9.78 Å². The normalized spacial score (nSPS) is 18.3. The Bertz CT molecular complexity index is 433. The molecule has 0 atom stereocenters. The zero-order chi connectivity index (χ0) is 13.0. The molecule has 18 heavy (non-hydrogen) atoms. The monoisotopic (exact) mass is 269 g/mol. The first-order valence-electron chi connectivity index (χ1n) is 6.06. The Labute approximate surface area is 111 Å². The van der Waals surface area contributed by atoms with Gasteiger partial charge in [-0.1, -0.05) is 30.9 Å². The van der Waals surface area contributed by atoms with Crippen molar-refractivity contribution in [1.29, 1.82) is 0 Å². The molecule has 5 nitrogen and oxygen atoms in total. The molecule has 1 amide bonds. The molecule has 1 aliphatic rings. The number of rotatable bonds is 3. The van der Waals surface area contributed by atoms with E-state index in [1.54, 1.807) is 0 Å². The van der Waals surface area contributed by atoms with Crippen LogP contribution in [-0.2, 0) is 0 Å². The van der Waals surface area contributed by atoms with Crippen LogP contribution in [0, 0.1) is 0 Å². The van der Waals surface area contributed by atoms with Crippen molar-refractivity contribution in [3.63, 3.8) is 0 Å². The fourth-order valence-corrected chi connectivity index (χ4v) is 2.46. The van der Waals surface area contributed by atoms with Crippen molar-refractivity contribution in [2.24, 2.45) is 0 Å². The van der Waals surface area contributed by atoms with Gasteiger partial charge in [0.1, 0.15) is 10.8 Å². The number of nitrogens with one attached hydrogen (secondary N) is 1. The van der Waals surface area contributed by atoms with Crippen molar-refractivity contribution >= 4 is 17.5 Å². The minimum Gasteiger partial charge on any atom is -0.394 e. The number of halogens is 1. The van der Waals surface area contributed by atoms with Crippen molar-refractivity contribution in [1.82, 2.24) is 15.3 Å². The molecular formula is C12H16ClN3O2. The number of hydrogen-bond donors (Lipinski definition) is 2. The van der Waals surface area contributed by atoms with Crippen molar-refractivity contribution in [2.45, 2.75) is 37.6 Å². The minimum absolute atomic E-state index is 0.0489. The summed E-state index contributed by atoms with van der Waals surface area (Å²) < 4.78 is 0. The van der Waals surface area contributed by atoms with E-state index in [0.29, 0.717) is 0 Å². The van der Waals surface area contributed by atoms with Gasteiger partial charge in [-0.2, -0.15) is 0 Å². The quantitative estimate of drug-likeness (QED) is 0.873. The molecule has 0 radical (unpaired) electrons. The van der Waals surface area contributed by atoms with E-state index in [4.69, 9.17) is 11.6 Å². The lowest BCUT2D eigenvalue weighted by Gasteiger charge is -2.36. The van der Waals surface area contributed by atoms with Gasteiger partial charge in [0, 0.05) is 0 Å². The highest BCUT2D eigenvalue weighted by Crippen LogP contribution is 2.27. The summed E-state index contributed by atoms with van der Waals surface area (Å²) in [5, 5.41) is 12.6. The van der Waals surface area contributed by atoms with Crippen LogP contribution in [0.5, 0.6) is 0 Å². The fourth-order valence-electron chi connectivity index (χ4n) is 2.31. The summed E-state index contributed by atoms with van der Waals surface area (Å²) >= 11 is 5.70. The van der Waals surface area contributed by atoms with Crippen molar-refractivity contribution in [2.75, 3.05) is 6.61 Å². The average molecular weight is 270 g/mol. The van der Waals surface area contributed by atoms with E-state index in [1.165, 1.54) is 12.4 Å². The Morgan fingerprint density at radius 2 is 2.11 bits per heavy atom. The number of hydrogen-bond acceptors (Lipinski definition) is 4. The summed E-state index contributed by atoms with van der Waals surface area (Å²) in [6, 6.07) is 0. The number of aliphatic hydroxyl groups excluding tert-OH is 1. The summed E-state index contributed by atoms with van der Waals surface area (Å²) in [4.78, 5) is 19.8. The molecule has 2 rings (SSSR count). The van der Waals surface area contributed by atoms with Gasteiger partial charge in [-0.25, -0.2) is 4.98 Å². The first-order valence-corrected chi connectivity index (χ1v) is 6.44. The van der Waals surface area contributed by atoms with Crippen LogP contribution in [0.4, 0.5) is 0 Å². The Morgan fingerprint density at radius 3 is 2.72 bits per heavy atom. The fraction of sp³-hybridized carbons (Fsp3) is 0.583. The smallest absolute Gasteiger partial charge is 0.272 e. The lowest BCUT2D eigenvalue weighted by molar-refractivity contribution is 0.0753. The van der Waals surface area contributed by atoms with Gasteiger partial charge in [0.25, 0.3) is 5.91 Å². The molecule has 1 fully saturated rings. The van der Waals surface area contributed by atoms with E-state index < -0.39 is 5.54 Å². The highest BCUT2D eigenvalue weighted by Gasteiger charge is 2.33. The minimum atomic E-state index is -0.515. The number of aromatic nitrogens is 2. The maximum Gasteiger partial charge on any atom is 0.272 e. The molecule has 0 spiro atoms. The predicted octanol–water partition coefficient (Wildman–Crippen LogP) is 1.55. The molecule has 1 aromatic heterocycles. The van der Waals surface area contributed by atoms with Crippen LogP contribution in [0.3, 0.4) is 0 Å². The van der Waals surface area contributed by atoms with Gasteiger partial charge in [0.2, 0.25) is 0 Å². The Kier molecular flexibility index (Phi) is 4.14. The maximum absolute atomic E-state index is 12.0. The van der Waals surface area contributed by atoms with E-state index in [1.807, 2.05) is 0 Å². The molecule has 6 heteroatoms. The molecule has 1 heterocycles. The van der Waals surface area contributed by atoms with Crippen molar-refractivity contribution < 1.29 is 9.90 Å². The number of nitrogens with zero attached hydrogens (tertiary/aromatic N) is 2. The average Bonchev–Trinajstić information content (AvgIpc) is 2.40. The molecule has 98 valence electrons. The lowest BCUT2D eigenvalue weighted by atomic mass is 9.82. The van der Waals surface area contributed by atoms with E-state index in [2.05, 4.69) is 15.3 Å². The molecule has 1 saturated carbocycles. The summed E-state index contributed by atoms with van der Waals surface area (Å²) in [6.45, 7) is -0.0489. The number of carbonyl (C=O) groups is 1. The van der Waals surface area contributed by atoms with Crippen LogP contribution in [-0.4, -0.2) is 33.1 Å². The molecule has 1 aromatic rings. The van der Waals surface area contributed by atoms with E-state index in [9.17, 15) is 9.90 Å². The summed E-state index contributed by atoms with van der Waals surface area (Å²) in [7, 11) is 0. The lowest BCUT2D eigenvalue weighted by Crippen LogP contribution is -2.52. The number of amides is 1. The predicted molar refractivity (Wildman–Crippen MR) is 67.4 cm³/mol. The SMILES string of the molecule is O=C(NC1(CO)CCCCC1)c1cncc(Cl)n1. The number of carbonyl (C=O) groups excluding carboxylic acids is 1. The van der Waals surface area contributed by atoms with E-state index >= 15 is 0 Å². The topological polar surface area (TPSA) is 75.1 Å². The summed E-state index contributed by atoms with van der Waals surface area (Å²) in [5.41, 5.74) is -0.333. The van der Waals surface area contributed by atoms with Crippen LogP contribution in [0.2, 0.25) is 5.15 Å². The zero-order valence-electron chi connectivity index (χ0n) is 10.0. The van der Waals surface area contributed by atoms with Crippen LogP contribution < -0.4 is 5.32 Å².